The molecule has 0 saturated heterocycles. The van der Waals surface area contributed by atoms with E-state index in [1.807, 2.05) is 6.26 Å². The highest BCUT2D eigenvalue weighted by Gasteiger charge is 2.57. The third kappa shape index (κ3) is 7.39. The first kappa shape index (κ1) is 26.5. The molecule has 0 bridgehead atoms. The average molecular weight is 489 g/mol. The third-order valence-corrected chi connectivity index (χ3v) is 5.47. The maximum Gasteiger partial charge on any atom is 0.424 e. The van der Waals surface area contributed by atoms with Crippen molar-refractivity contribution in [1.29, 1.82) is 0 Å². The van der Waals surface area contributed by atoms with Gasteiger partial charge in [-0.25, -0.2) is 4.98 Å². The lowest BCUT2D eigenvalue weighted by Crippen LogP contribution is -2.50. The molecule has 0 aliphatic heterocycles. The number of halogens is 3. The summed E-state index contributed by atoms with van der Waals surface area (Å²) in [5.74, 6) is -0.744. The van der Waals surface area contributed by atoms with Crippen molar-refractivity contribution in [1.82, 2.24) is 20.2 Å². The fourth-order valence-electron chi connectivity index (χ4n) is 3.04. The second kappa shape index (κ2) is 11.9. The molecule has 182 valence electrons. The largest absolute Gasteiger partial charge is 0.484 e. The van der Waals surface area contributed by atoms with Crippen LogP contribution in [-0.4, -0.2) is 63.9 Å². The molecule has 2 unspecified atom stereocenters. The summed E-state index contributed by atoms with van der Waals surface area (Å²) in [7, 11) is 1.34. The number of benzene rings is 1. The van der Waals surface area contributed by atoms with Gasteiger partial charge < -0.3 is 25.0 Å². The Balaban J connectivity index is 1.96. The zero-order chi connectivity index (χ0) is 24.5. The van der Waals surface area contributed by atoms with Gasteiger partial charge in [0.2, 0.25) is 11.5 Å². The van der Waals surface area contributed by atoms with Crippen molar-refractivity contribution < 1.29 is 32.6 Å². The van der Waals surface area contributed by atoms with E-state index in [-0.39, 0.29) is 13.0 Å². The van der Waals surface area contributed by atoms with E-state index in [4.69, 9.17) is 4.74 Å². The number of amides is 2. The Kier molecular flexibility index (Phi) is 9.59. The summed E-state index contributed by atoms with van der Waals surface area (Å²) >= 11 is 1.45. The number of nitrogens with zero attached hydrogens (tertiary/aromatic N) is 2. The van der Waals surface area contributed by atoms with Gasteiger partial charge in [0.15, 0.2) is 6.61 Å². The van der Waals surface area contributed by atoms with Gasteiger partial charge in [-0.05, 0) is 30.6 Å². The van der Waals surface area contributed by atoms with Gasteiger partial charge in [-0.15, -0.1) is 0 Å². The number of nitrogens with one attached hydrogen (secondary N) is 2. The van der Waals surface area contributed by atoms with Crippen LogP contribution in [0, 0.1) is 0 Å². The third-order valence-electron chi connectivity index (χ3n) is 4.82. The van der Waals surface area contributed by atoms with Crippen molar-refractivity contribution in [2.75, 3.05) is 25.2 Å². The molecular formula is C21H27F3N4O4S. The van der Waals surface area contributed by atoms with Crippen LogP contribution < -0.4 is 15.4 Å². The Labute approximate surface area is 193 Å². The van der Waals surface area contributed by atoms with Crippen molar-refractivity contribution in [3.05, 3.63) is 48.5 Å². The normalized spacial score (nSPS) is 14.2. The van der Waals surface area contributed by atoms with Gasteiger partial charge in [0, 0.05) is 32.4 Å². The molecule has 1 aromatic heterocycles. The number of aryl methyl sites for hydroxylation is 1. The second-order valence-electron chi connectivity index (χ2n) is 7.26. The molecule has 0 aliphatic carbocycles. The molecule has 3 N–H and O–H groups in total. The molecule has 33 heavy (non-hydrogen) atoms. The van der Waals surface area contributed by atoms with Crippen molar-refractivity contribution in [3.8, 4) is 5.75 Å². The summed E-state index contributed by atoms with van der Waals surface area (Å²) in [5, 5.41) is 15.3. The summed E-state index contributed by atoms with van der Waals surface area (Å²) in [6.45, 7) is -0.798. The van der Waals surface area contributed by atoms with Gasteiger partial charge in [-0.2, -0.15) is 24.9 Å². The molecule has 2 rings (SSSR count). The SMILES string of the molecule is CSCCC(NC(=O)COc1ccccc1)C(=O)NCCC(O)(c1nccn1C)C(F)(F)F. The van der Waals surface area contributed by atoms with Gasteiger partial charge in [0.05, 0.1) is 0 Å². The molecule has 12 heteroatoms. The molecule has 0 aliphatic rings. The average Bonchev–Trinajstić information content (AvgIpc) is 3.21. The highest BCUT2D eigenvalue weighted by Crippen LogP contribution is 2.40. The quantitative estimate of drug-likeness (QED) is 0.422. The Morgan fingerprint density at radius 3 is 2.55 bits per heavy atom. The zero-order valence-corrected chi connectivity index (χ0v) is 19.1. The first-order chi connectivity index (χ1) is 15.6. The molecule has 1 heterocycles. The smallest absolute Gasteiger partial charge is 0.424 e. The van der Waals surface area contributed by atoms with Gasteiger partial charge in [0.25, 0.3) is 5.91 Å². The minimum absolute atomic E-state index is 0.271. The number of hydrogen-bond acceptors (Lipinski definition) is 6. The van der Waals surface area contributed by atoms with E-state index in [1.165, 1.54) is 25.0 Å². The van der Waals surface area contributed by atoms with Gasteiger partial charge in [0.1, 0.15) is 17.6 Å². The summed E-state index contributed by atoms with van der Waals surface area (Å²) < 4.78 is 47.2. The van der Waals surface area contributed by atoms with Crippen LogP contribution in [0.5, 0.6) is 5.75 Å². The summed E-state index contributed by atoms with van der Waals surface area (Å²) in [6.07, 6.45) is -1.31. The number of ether oxygens (including phenoxy) is 1. The van der Waals surface area contributed by atoms with E-state index >= 15 is 0 Å². The van der Waals surface area contributed by atoms with E-state index < -0.39 is 48.4 Å². The summed E-state index contributed by atoms with van der Waals surface area (Å²) in [4.78, 5) is 28.4. The molecule has 0 fully saturated rings. The number of thioether (sulfide) groups is 1. The lowest BCUT2D eigenvalue weighted by atomic mass is 9.97. The zero-order valence-electron chi connectivity index (χ0n) is 18.3. The Morgan fingerprint density at radius 1 is 1.27 bits per heavy atom. The standard InChI is InChI=1S/C21H27F3N4O4S/c1-28-12-11-26-19(28)20(31,21(22,23)24)9-10-25-18(30)16(8-13-33-2)27-17(29)14-32-15-6-4-3-5-7-15/h3-7,11-12,16,31H,8-10,13-14H2,1-2H3,(H,25,30)(H,27,29). The van der Waals surface area contributed by atoms with E-state index in [0.717, 1.165) is 10.8 Å². The second-order valence-corrected chi connectivity index (χ2v) is 8.25. The van der Waals surface area contributed by atoms with Gasteiger partial charge >= 0.3 is 6.18 Å². The Hall–Kier alpha value is -2.73. The number of aromatic nitrogens is 2. The minimum Gasteiger partial charge on any atom is -0.484 e. The molecular weight excluding hydrogens is 461 g/mol. The molecule has 0 radical (unpaired) electrons. The number of aliphatic hydroxyl groups is 1. The highest BCUT2D eigenvalue weighted by molar-refractivity contribution is 7.98. The number of carbonyl (C=O) groups is 2. The molecule has 8 nitrogen and oxygen atoms in total. The topological polar surface area (TPSA) is 105 Å². The van der Waals surface area contributed by atoms with Crippen molar-refractivity contribution >= 4 is 23.6 Å². The van der Waals surface area contributed by atoms with Crippen LogP contribution in [0.15, 0.2) is 42.7 Å². The van der Waals surface area contributed by atoms with Crippen molar-refractivity contribution in [2.45, 2.75) is 30.7 Å². The number of carbonyl (C=O) groups excluding carboxylic acids is 2. The maximum absolute atomic E-state index is 13.6. The molecule has 2 amide bonds. The molecule has 0 saturated carbocycles. The van der Waals surface area contributed by atoms with Gasteiger partial charge in [-0.1, -0.05) is 18.2 Å². The number of alkyl halides is 3. The molecule has 1 aromatic carbocycles. The first-order valence-corrected chi connectivity index (χ1v) is 11.5. The monoisotopic (exact) mass is 488 g/mol. The number of para-hydroxylation sites is 1. The predicted molar refractivity (Wildman–Crippen MR) is 118 cm³/mol. The molecule has 2 aromatic rings. The van der Waals surface area contributed by atoms with Crippen LogP contribution in [0.1, 0.15) is 18.7 Å². The van der Waals surface area contributed by atoms with Crippen LogP contribution >= 0.6 is 11.8 Å². The fourth-order valence-corrected chi connectivity index (χ4v) is 3.51. The number of rotatable bonds is 12. The van der Waals surface area contributed by atoms with Crippen LogP contribution in [0.25, 0.3) is 0 Å². The maximum atomic E-state index is 13.6. The van der Waals surface area contributed by atoms with Crippen LogP contribution in [0.3, 0.4) is 0 Å². The molecule has 2 atom stereocenters. The summed E-state index contributed by atoms with van der Waals surface area (Å²) in [5.41, 5.74) is -3.24. The van der Waals surface area contributed by atoms with Gasteiger partial charge in [-0.3, -0.25) is 9.59 Å². The van der Waals surface area contributed by atoms with E-state index in [2.05, 4.69) is 15.6 Å². The van der Waals surface area contributed by atoms with Crippen LogP contribution in [-0.2, 0) is 22.2 Å². The Bertz CT molecular complexity index is 910. The van der Waals surface area contributed by atoms with Crippen molar-refractivity contribution in [2.24, 2.45) is 7.05 Å². The van der Waals surface area contributed by atoms with E-state index in [1.54, 1.807) is 30.3 Å². The van der Waals surface area contributed by atoms with E-state index in [9.17, 15) is 27.9 Å². The fraction of sp³-hybridized carbons (Fsp3) is 0.476. The minimum atomic E-state index is -5.00. The highest BCUT2D eigenvalue weighted by atomic mass is 32.2. The molecule has 0 spiro atoms. The summed E-state index contributed by atoms with van der Waals surface area (Å²) in [6, 6.07) is 7.67. The lowest BCUT2D eigenvalue weighted by molar-refractivity contribution is -0.272. The van der Waals surface area contributed by atoms with Crippen molar-refractivity contribution in [3.63, 3.8) is 0 Å². The number of hydrogen-bond donors (Lipinski definition) is 3. The first-order valence-electron chi connectivity index (χ1n) is 10.1. The Morgan fingerprint density at radius 2 is 1.97 bits per heavy atom. The predicted octanol–water partition coefficient (Wildman–Crippen LogP) is 1.99. The lowest BCUT2D eigenvalue weighted by Gasteiger charge is -2.30. The number of imidazole rings is 1. The van der Waals surface area contributed by atoms with E-state index in [0.29, 0.717) is 11.5 Å². The van der Waals surface area contributed by atoms with Crippen LogP contribution in [0.2, 0.25) is 0 Å². The van der Waals surface area contributed by atoms with Crippen LogP contribution in [0.4, 0.5) is 13.2 Å².